The van der Waals surface area contributed by atoms with Crippen molar-refractivity contribution in [1.29, 1.82) is 5.26 Å². The molecule has 0 unspecified atom stereocenters. The number of amides is 1. The van der Waals surface area contributed by atoms with Crippen LogP contribution in [0.25, 0.3) is 0 Å². The highest BCUT2D eigenvalue weighted by Gasteiger charge is 2.14. The Bertz CT molecular complexity index is 718. The third kappa shape index (κ3) is 3.22. The molecular formula is C15H11N3O3. The molecule has 104 valence electrons. The molecule has 1 N–H and O–H groups in total. The van der Waals surface area contributed by atoms with Crippen LogP contribution in [0.15, 0.2) is 42.6 Å². The summed E-state index contributed by atoms with van der Waals surface area (Å²) >= 11 is 0. The Balaban J connectivity index is 2.23. The Morgan fingerprint density at radius 2 is 2.00 bits per heavy atom. The van der Waals surface area contributed by atoms with Crippen LogP contribution in [0.5, 0.6) is 0 Å². The lowest BCUT2D eigenvalue weighted by Crippen LogP contribution is -2.15. The van der Waals surface area contributed by atoms with Crippen molar-refractivity contribution in [3.63, 3.8) is 0 Å². The van der Waals surface area contributed by atoms with Crippen LogP contribution in [-0.4, -0.2) is 24.0 Å². The van der Waals surface area contributed by atoms with Crippen molar-refractivity contribution in [2.45, 2.75) is 0 Å². The number of nitriles is 1. The van der Waals surface area contributed by atoms with E-state index in [-0.39, 0.29) is 16.8 Å². The number of esters is 1. The fourth-order valence-corrected chi connectivity index (χ4v) is 1.67. The summed E-state index contributed by atoms with van der Waals surface area (Å²) < 4.78 is 4.66. The van der Waals surface area contributed by atoms with Crippen molar-refractivity contribution in [2.75, 3.05) is 12.4 Å². The van der Waals surface area contributed by atoms with Crippen molar-refractivity contribution in [1.82, 2.24) is 4.98 Å². The zero-order valence-corrected chi connectivity index (χ0v) is 11.2. The van der Waals surface area contributed by atoms with Crippen LogP contribution in [0.1, 0.15) is 26.4 Å². The molecule has 0 saturated carbocycles. The summed E-state index contributed by atoms with van der Waals surface area (Å²) in [5.41, 5.74) is 1.11. The van der Waals surface area contributed by atoms with Gasteiger partial charge in [-0.2, -0.15) is 5.26 Å². The second-order valence-corrected chi connectivity index (χ2v) is 4.04. The van der Waals surface area contributed by atoms with Gasteiger partial charge in [-0.15, -0.1) is 0 Å². The monoisotopic (exact) mass is 281 g/mol. The molecule has 1 aromatic carbocycles. The number of aromatic nitrogens is 1. The largest absolute Gasteiger partial charge is 0.465 e. The second kappa shape index (κ2) is 6.30. The highest BCUT2D eigenvalue weighted by Crippen LogP contribution is 2.17. The lowest BCUT2D eigenvalue weighted by atomic mass is 10.1. The van der Waals surface area contributed by atoms with Crippen molar-refractivity contribution in [3.05, 3.63) is 59.4 Å². The smallest absolute Gasteiger partial charge is 0.339 e. The van der Waals surface area contributed by atoms with Gasteiger partial charge in [-0.1, -0.05) is 12.1 Å². The molecule has 0 spiro atoms. The number of methoxy groups -OCH3 is 1. The van der Waals surface area contributed by atoms with Crippen molar-refractivity contribution < 1.29 is 14.3 Å². The van der Waals surface area contributed by atoms with Gasteiger partial charge < -0.3 is 10.1 Å². The van der Waals surface area contributed by atoms with E-state index in [0.717, 1.165) is 0 Å². The zero-order valence-electron chi connectivity index (χ0n) is 11.2. The molecule has 0 atom stereocenters. The van der Waals surface area contributed by atoms with Crippen LogP contribution in [0.2, 0.25) is 0 Å². The fourth-order valence-electron chi connectivity index (χ4n) is 1.67. The van der Waals surface area contributed by atoms with Crippen LogP contribution in [-0.2, 0) is 4.74 Å². The number of hydrogen-bond acceptors (Lipinski definition) is 5. The molecule has 21 heavy (non-hydrogen) atoms. The molecular weight excluding hydrogens is 270 g/mol. The van der Waals surface area contributed by atoms with Crippen LogP contribution < -0.4 is 5.32 Å². The van der Waals surface area contributed by atoms with Crippen LogP contribution in [0, 0.1) is 11.3 Å². The van der Waals surface area contributed by atoms with E-state index in [2.05, 4.69) is 15.0 Å². The minimum atomic E-state index is -0.538. The number of benzene rings is 1. The number of carbonyl (C=O) groups excluding carboxylic acids is 2. The van der Waals surface area contributed by atoms with E-state index < -0.39 is 11.9 Å². The zero-order chi connectivity index (χ0) is 15.2. The van der Waals surface area contributed by atoms with Gasteiger partial charge in [0.05, 0.1) is 23.9 Å². The maximum Gasteiger partial charge on any atom is 0.339 e. The number of anilines is 1. The quantitative estimate of drug-likeness (QED) is 0.868. The SMILES string of the molecule is COC(=O)c1ccccc1NC(=O)c1ccc(C#N)nc1. The molecule has 0 radical (unpaired) electrons. The topological polar surface area (TPSA) is 92.1 Å². The Hall–Kier alpha value is -3.20. The number of para-hydroxylation sites is 1. The number of carbonyl (C=O) groups is 2. The molecule has 1 amide bonds. The van der Waals surface area contributed by atoms with Gasteiger partial charge in [0.15, 0.2) is 0 Å². The lowest BCUT2D eigenvalue weighted by Gasteiger charge is -2.09. The van der Waals surface area contributed by atoms with E-state index in [9.17, 15) is 9.59 Å². The number of hydrogen-bond donors (Lipinski definition) is 1. The predicted octanol–water partition coefficient (Wildman–Crippen LogP) is 1.99. The first-order chi connectivity index (χ1) is 10.2. The predicted molar refractivity (Wildman–Crippen MR) is 74.7 cm³/mol. The molecule has 1 aromatic heterocycles. The lowest BCUT2D eigenvalue weighted by molar-refractivity contribution is 0.0602. The summed E-state index contributed by atoms with van der Waals surface area (Å²) in [6, 6.07) is 11.3. The summed E-state index contributed by atoms with van der Waals surface area (Å²) in [7, 11) is 1.27. The van der Waals surface area contributed by atoms with E-state index in [4.69, 9.17) is 5.26 Å². The Morgan fingerprint density at radius 3 is 2.62 bits per heavy atom. The Labute approximate surface area is 121 Å². The van der Waals surface area contributed by atoms with Crippen LogP contribution >= 0.6 is 0 Å². The highest BCUT2D eigenvalue weighted by molar-refractivity contribution is 6.07. The van der Waals surface area contributed by atoms with E-state index in [0.29, 0.717) is 5.69 Å². The third-order valence-electron chi connectivity index (χ3n) is 2.72. The van der Waals surface area contributed by atoms with E-state index in [1.807, 2.05) is 6.07 Å². The molecule has 0 saturated heterocycles. The summed E-state index contributed by atoms with van der Waals surface area (Å²) in [5, 5.41) is 11.3. The summed E-state index contributed by atoms with van der Waals surface area (Å²) in [6.07, 6.45) is 1.30. The average molecular weight is 281 g/mol. The van der Waals surface area contributed by atoms with E-state index in [1.165, 1.54) is 25.4 Å². The first-order valence-corrected chi connectivity index (χ1v) is 6.00. The van der Waals surface area contributed by atoms with Gasteiger partial charge in [0.1, 0.15) is 11.8 Å². The average Bonchev–Trinajstić information content (AvgIpc) is 2.54. The molecule has 1 heterocycles. The van der Waals surface area contributed by atoms with Gasteiger partial charge >= 0.3 is 5.97 Å². The number of rotatable bonds is 3. The van der Waals surface area contributed by atoms with Gasteiger partial charge in [0, 0.05) is 6.20 Å². The highest BCUT2D eigenvalue weighted by atomic mass is 16.5. The maximum absolute atomic E-state index is 12.1. The molecule has 6 heteroatoms. The third-order valence-corrected chi connectivity index (χ3v) is 2.72. The number of nitrogens with one attached hydrogen (secondary N) is 1. The van der Waals surface area contributed by atoms with Crippen molar-refractivity contribution >= 4 is 17.6 Å². The summed E-state index contributed by atoms with van der Waals surface area (Å²) in [6.45, 7) is 0. The molecule has 0 aliphatic carbocycles. The van der Waals surface area contributed by atoms with Gasteiger partial charge in [-0.3, -0.25) is 4.79 Å². The molecule has 0 aliphatic heterocycles. The Morgan fingerprint density at radius 1 is 1.24 bits per heavy atom. The minimum Gasteiger partial charge on any atom is -0.465 e. The van der Waals surface area contributed by atoms with Crippen LogP contribution in [0.4, 0.5) is 5.69 Å². The first kappa shape index (κ1) is 14.2. The molecule has 0 fully saturated rings. The summed E-state index contributed by atoms with van der Waals surface area (Å²) in [5.74, 6) is -0.966. The molecule has 2 rings (SSSR count). The molecule has 0 aliphatic rings. The first-order valence-electron chi connectivity index (χ1n) is 6.00. The fraction of sp³-hybridized carbons (Fsp3) is 0.0667. The molecule has 6 nitrogen and oxygen atoms in total. The van der Waals surface area contributed by atoms with Gasteiger partial charge in [-0.25, -0.2) is 9.78 Å². The standard InChI is InChI=1S/C15H11N3O3/c1-21-15(20)12-4-2-3-5-13(12)18-14(19)10-6-7-11(8-16)17-9-10/h2-7,9H,1H3,(H,18,19). The van der Waals surface area contributed by atoms with Crippen LogP contribution in [0.3, 0.4) is 0 Å². The van der Waals surface area contributed by atoms with E-state index in [1.54, 1.807) is 24.3 Å². The second-order valence-electron chi connectivity index (χ2n) is 4.04. The van der Waals surface area contributed by atoms with Crippen molar-refractivity contribution in [2.24, 2.45) is 0 Å². The number of nitrogens with zero attached hydrogens (tertiary/aromatic N) is 2. The molecule has 2 aromatic rings. The van der Waals surface area contributed by atoms with Crippen molar-refractivity contribution in [3.8, 4) is 6.07 Å². The van der Waals surface area contributed by atoms with Gasteiger partial charge in [0.2, 0.25) is 0 Å². The summed E-state index contributed by atoms with van der Waals surface area (Å²) in [4.78, 5) is 27.5. The Kier molecular flexibility index (Phi) is 4.26. The number of ether oxygens (including phenoxy) is 1. The van der Waals surface area contributed by atoms with Gasteiger partial charge in [0.25, 0.3) is 5.91 Å². The van der Waals surface area contributed by atoms with E-state index >= 15 is 0 Å². The number of pyridine rings is 1. The minimum absolute atomic E-state index is 0.224. The maximum atomic E-state index is 12.1. The molecule has 0 bridgehead atoms. The van der Waals surface area contributed by atoms with Gasteiger partial charge in [-0.05, 0) is 24.3 Å². The normalized spacial score (nSPS) is 9.52.